The van der Waals surface area contributed by atoms with Gasteiger partial charge < -0.3 is 15.5 Å². The topological polar surface area (TPSA) is 98.7 Å². The van der Waals surface area contributed by atoms with Gasteiger partial charge in [0.1, 0.15) is 0 Å². The molecule has 0 saturated heterocycles. The van der Waals surface area contributed by atoms with Gasteiger partial charge in [0.05, 0.1) is 5.57 Å². The molecule has 1 aliphatic rings. The maximum absolute atomic E-state index is 12.5. The summed E-state index contributed by atoms with van der Waals surface area (Å²) < 4.78 is 0. The van der Waals surface area contributed by atoms with Crippen LogP contribution in [-0.2, 0) is 11.3 Å². The maximum Gasteiger partial charge on any atom is 0.260 e. The average Bonchev–Trinajstić information content (AvgIpc) is 2.73. The third-order valence-electron chi connectivity index (χ3n) is 4.80. The second-order valence-electron chi connectivity index (χ2n) is 6.79. The molecule has 0 aromatic heterocycles. The molecule has 4 N–H and O–H groups in total. The number of carbonyl (C=O) groups excluding carboxylic acids is 2. The Hall–Kier alpha value is -3.77. The third kappa shape index (κ3) is 3.73. The van der Waals surface area contributed by atoms with Crippen LogP contribution in [0.4, 0.5) is 0 Å². The van der Waals surface area contributed by atoms with Gasteiger partial charge in [-0.1, -0.05) is 41.9 Å². The minimum absolute atomic E-state index is 0.205. The number of hydrogen-bond acceptors (Lipinski definition) is 5. The van der Waals surface area contributed by atoms with Crippen LogP contribution in [-0.4, -0.2) is 22.0 Å². The number of imide groups is 1. The summed E-state index contributed by atoms with van der Waals surface area (Å²) in [5.41, 5.74) is 3.49. The van der Waals surface area contributed by atoms with E-state index in [1.54, 1.807) is 30.3 Å². The van der Waals surface area contributed by atoms with E-state index in [2.05, 4.69) is 10.6 Å². The standard InChI is InChI=1S/C23H17ClN2O4/c24-19-4-2-1-3-15(19)14-6-7-16-17(10-14)18(23(30)26-22(16)29)12-25-11-13-5-8-20(27)21(28)9-13/h1-10,12,25,27-28H,11H2,(H,26,29,30)/b18-12+. The molecule has 3 aromatic carbocycles. The summed E-state index contributed by atoms with van der Waals surface area (Å²) in [6.45, 7) is 0.304. The van der Waals surface area contributed by atoms with Gasteiger partial charge in [-0.05, 0) is 41.5 Å². The van der Waals surface area contributed by atoms with Crippen molar-refractivity contribution in [2.45, 2.75) is 6.54 Å². The summed E-state index contributed by atoms with van der Waals surface area (Å²) in [5, 5.41) is 24.9. The molecule has 6 nitrogen and oxygen atoms in total. The van der Waals surface area contributed by atoms with Crippen LogP contribution in [0, 0.1) is 0 Å². The fourth-order valence-corrected chi connectivity index (χ4v) is 3.53. The molecule has 0 fully saturated rings. The number of halogens is 1. The first kappa shape index (κ1) is 19.5. The summed E-state index contributed by atoms with van der Waals surface area (Å²) in [4.78, 5) is 24.7. The molecule has 4 rings (SSSR count). The Labute approximate surface area is 177 Å². The summed E-state index contributed by atoms with van der Waals surface area (Å²) in [5.74, 6) is -1.40. The molecule has 3 aromatic rings. The van der Waals surface area contributed by atoms with E-state index < -0.39 is 11.8 Å². The molecule has 0 unspecified atom stereocenters. The van der Waals surface area contributed by atoms with E-state index in [-0.39, 0.29) is 11.5 Å². The van der Waals surface area contributed by atoms with Gasteiger partial charge in [0.25, 0.3) is 11.8 Å². The van der Waals surface area contributed by atoms with Crippen LogP contribution in [0.3, 0.4) is 0 Å². The predicted molar refractivity (Wildman–Crippen MR) is 114 cm³/mol. The first-order chi connectivity index (χ1) is 14.4. The predicted octanol–water partition coefficient (Wildman–Crippen LogP) is 3.82. The molecule has 0 radical (unpaired) electrons. The zero-order chi connectivity index (χ0) is 21.3. The van der Waals surface area contributed by atoms with Crippen LogP contribution in [0.5, 0.6) is 11.5 Å². The first-order valence-corrected chi connectivity index (χ1v) is 9.51. The van der Waals surface area contributed by atoms with Crippen molar-refractivity contribution < 1.29 is 19.8 Å². The van der Waals surface area contributed by atoms with Gasteiger partial charge in [-0.3, -0.25) is 14.9 Å². The van der Waals surface area contributed by atoms with Crippen LogP contribution in [0.25, 0.3) is 16.7 Å². The average molecular weight is 421 g/mol. The van der Waals surface area contributed by atoms with Crippen molar-refractivity contribution in [2.24, 2.45) is 0 Å². The highest BCUT2D eigenvalue weighted by Crippen LogP contribution is 2.33. The van der Waals surface area contributed by atoms with Gasteiger partial charge in [0, 0.05) is 34.5 Å². The fourth-order valence-electron chi connectivity index (χ4n) is 3.28. The van der Waals surface area contributed by atoms with Crippen LogP contribution >= 0.6 is 11.6 Å². The van der Waals surface area contributed by atoms with Gasteiger partial charge >= 0.3 is 0 Å². The number of aromatic hydroxyl groups is 2. The van der Waals surface area contributed by atoms with Gasteiger partial charge in [0.15, 0.2) is 11.5 Å². The lowest BCUT2D eigenvalue weighted by Gasteiger charge is -2.20. The summed E-state index contributed by atoms with van der Waals surface area (Å²) in [6.07, 6.45) is 1.53. The molecular formula is C23H17ClN2O4. The molecule has 0 aliphatic carbocycles. The van der Waals surface area contributed by atoms with Crippen molar-refractivity contribution in [3.8, 4) is 22.6 Å². The van der Waals surface area contributed by atoms with E-state index in [9.17, 15) is 19.8 Å². The van der Waals surface area contributed by atoms with Gasteiger partial charge in [-0.15, -0.1) is 0 Å². The molecule has 0 spiro atoms. The quantitative estimate of drug-likeness (QED) is 0.292. The molecule has 1 heterocycles. The number of nitrogens with one attached hydrogen (secondary N) is 2. The van der Waals surface area contributed by atoms with Crippen LogP contribution < -0.4 is 10.6 Å². The molecule has 1 aliphatic heterocycles. The molecule has 7 heteroatoms. The largest absolute Gasteiger partial charge is 0.504 e. The normalized spacial score (nSPS) is 14.4. The lowest BCUT2D eigenvalue weighted by Crippen LogP contribution is -2.37. The number of benzene rings is 3. The molecule has 2 amide bonds. The molecular weight excluding hydrogens is 404 g/mol. The Morgan fingerprint density at radius 3 is 2.43 bits per heavy atom. The highest BCUT2D eigenvalue weighted by molar-refractivity contribution is 6.33. The number of carbonyl (C=O) groups is 2. The maximum atomic E-state index is 12.5. The van der Waals surface area contributed by atoms with E-state index in [0.29, 0.717) is 33.8 Å². The van der Waals surface area contributed by atoms with Crippen LogP contribution in [0.1, 0.15) is 21.5 Å². The SMILES string of the molecule is O=C1NC(=O)c2ccc(-c3ccccc3Cl)cc2/C1=C\NCc1ccc(O)c(O)c1. The van der Waals surface area contributed by atoms with Crippen molar-refractivity contribution in [3.05, 3.63) is 88.6 Å². The molecule has 0 bridgehead atoms. The summed E-state index contributed by atoms with van der Waals surface area (Å²) in [6, 6.07) is 17.0. The second-order valence-corrected chi connectivity index (χ2v) is 7.19. The van der Waals surface area contributed by atoms with Crippen molar-refractivity contribution in [1.29, 1.82) is 0 Å². The molecule has 30 heavy (non-hydrogen) atoms. The molecule has 150 valence electrons. The van der Waals surface area contributed by atoms with E-state index in [1.165, 1.54) is 18.3 Å². The van der Waals surface area contributed by atoms with Crippen molar-refractivity contribution in [2.75, 3.05) is 0 Å². The number of rotatable bonds is 4. The first-order valence-electron chi connectivity index (χ1n) is 9.13. The minimum atomic E-state index is -0.509. The van der Waals surface area contributed by atoms with Gasteiger partial charge in [0.2, 0.25) is 0 Å². The number of fused-ring (bicyclic) bond motifs is 1. The lowest BCUT2D eigenvalue weighted by atomic mass is 9.91. The minimum Gasteiger partial charge on any atom is -0.504 e. The Morgan fingerprint density at radius 2 is 1.67 bits per heavy atom. The van der Waals surface area contributed by atoms with Gasteiger partial charge in [-0.2, -0.15) is 0 Å². The zero-order valence-corrected chi connectivity index (χ0v) is 16.4. The number of amides is 2. The highest BCUT2D eigenvalue weighted by atomic mass is 35.5. The lowest BCUT2D eigenvalue weighted by molar-refractivity contribution is -0.114. The van der Waals surface area contributed by atoms with E-state index in [4.69, 9.17) is 11.6 Å². The monoisotopic (exact) mass is 420 g/mol. The summed E-state index contributed by atoms with van der Waals surface area (Å²) in [7, 11) is 0. The Balaban J connectivity index is 1.68. The van der Waals surface area contributed by atoms with Crippen LogP contribution in [0.2, 0.25) is 5.02 Å². The Bertz CT molecular complexity index is 1200. The zero-order valence-electron chi connectivity index (χ0n) is 15.6. The molecule has 0 atom stereocenters. The smallest absolute Gasteiger partial charge is 0.260 e. The Morgan fingerprint density at radius 1 is 0.867 bits per heavy atom. The fraction of sp³-hybridized carbons (Fsp3) is 0.0435. The Kier molecular flexibility index (Phi) is 5.16. The van der Waals surface area contributed by atoms with E-state index in [1.807, 2.05) is 18.2 Å². The van der Waals surface area contributed by atoms with Gasteiger partial charge in [-0.25, -0.2) is 0 Å². The number of hydrogen-bond donors (Lipinski definition) is 4. The number of phenolic OH excluding ortho intramolecular Hbond substituents is 2. The number of phenols is 2. The van der Waals surface area contributed by atoms with Crippen molar-refractivity contribution >= 4 is 29.0 Å². The van der Waals surface area contributed by atoms with E-state index in [0.717, 1.165) is 11.1 Å². The van der Waals surface area contributed by atoms with Crippen molar-refractivity contribution in [1.82, 2.24) is 10.6 Å². The summed E-state index contributed by atoms with van der Waals surface area (Å²) >= 11 is 6.30. The molecule has 0 saturated carbocycles. The van der Waals surface area contributed by atoms with Crippen molar-refractivity contribution in [3.63, 3.8) is 0 Å². The van der Waals surface area contributed by atoms with Crippen LogP contribution in [0.15, 0.2) is 66.9 Å². The van der Waals surface area contributed by atoms with E-state index >= 15 is 0 Å². The second kappa shape index (κ2) is 7.93. The highest BCUT2D eigenvalue weighted by Gasteiger charge is 2.27. The third-order valence-corrected chi connectivity index (χ3v) is 5.13.